The van der Waals surface area contributed by atoms with Crippen LogP contribution in [0.3, 0.4) is 0 Å². The van der Waals surface area contributed by atoms with E-state index in [1.54, 1.807) is 12.1 Å². The van der Waals surface area contributed by atoms with E-state index in [1.165, 1.54) is 7.11 Å². The zero-order chi connectivity index (χ0) is 13.8. The number of methoxy groups -OCH3 is 1. The van der Waals surface area contributed by atoms with Crippen molar-refractivity contribution in [2.24, 2.45) is 0 Å². The van der Waals surface area contributed by atoms with Gasteiger partial charge in [-0.3, -0.25) is 15.0 Å². The number of rotatable bonds is 4. The SMILES string of the molecule is COc1ccc(CN2CCNCC2C)cc1[N+](=O)[O-].Cl. The smallest absolute Gasteiger partial charge is 0.311 e. The van der Waals surface area contributed by atoms with Crippen molar-refractivity contribution in [3.05, 3.63) is 33.9 Å². The van der Waals surface area contributed by atoms with Gasteiger partial charge in [0.1, 0.15) is 0 Å². The molecule has 0 aliphatic carbocycles. The molecule has 1 unspecified atom stereocenters. The first kappa shape index (κ1) is 16.7. The summed E-state index contributed by atoms with van der Waals surface area (Å²) in [4.78, 5) is 12.9. The standard InChI is InChI=1S/C13H19N3O3.ClH/c1-10-8-14-5-6-15(10)9-11-3-4-13(19-2)12(7-11)16(17)18;/h3-4,7,10,14H,5-6,8-9H2,1-2H3;1H. The van der Waals surface area contributed by atoms with Gasteiger partial charge in [-0.05, 0) is 18.6 Å². The minimum Gasteiger partial charge on any atom is -0.490 e. The summed E-state index contributed by atoms with van der Waals surface area (Å²) in [6, 6.07) is 5.60. The topological polar surface area (TPSA) is 67.6 Å². The number of nitro benzene ring substituents is 1. The predicted molar refractivity (Wildman–Crippen MR) is 79.6 cm³/mol. The number of nitrogens with one attached hydrogen (secondary N) is 1. The number of halogens is 1. The van der Waals surface area contributed by atoms with Gasteiger partial charge in [0, 0.05) is 38.3 Å². The molecule has 1 aliphatic rings. The van der Waals surface area contributed by atoms with E-state index in [0.29, 0.717) is 11.8 Å². The van der Waals surface area contributed by atoms with E-state index >= 15 is 0 Å². The number of nitrogens with zero attached hydrogens (tertiary/aromatic N) is 2. The Bertz CT molecular complexity index is 470. The van der Waals surface area contributed by atoms with Gasteiger partial charge in [-0.2, -0.15) is 0 Å². The molecule has 0 radical (unpaired) electrons. The molecule has 0 saturated carbocycles. The third-order valence-corrected chi connectivity index (χ3v) is 3.46. The summed E-state index contributed by atoms with van der Waals surface area (Å²) in [5.74, 6) is 0.308. The molecule has 1 fully saturated rings. The fraction of sp³-hybridized carbons (Fsp3) is 0.538. The summed E-state index contributed by atoms with van der Waals surface area (Å²) < 4.78 is 5.01. The van der Waals surface area contributed by atoms with Crippen LogP contribution in [-0.4, -0.2) is 42.6 Å². The average Bonchev–Trinajstić information content (AvgIpc) is 2.41. The Balaban J connectivity index is 0.00000200. The first-order chi connectivity index (χ1) is 9.11. The number of hydrogen-bond donors (Lipinski definition) is 1. The van der Waals surface area contributed by atoms with Crippen LogP contribution < -0.4 is 10.1 Å². The van der Waals surface area contributed by atoms with E-state index in [2.05, 4.69) is 17.1 Å². The maximum absolute atomic E-state index is 11.0. The molecule has 1 N–H and O–H groups in total. The Kier molecular flexibility index (Phi) is 6.19. The molecule has 1 atom stereocenters. The van der Waals surface area contributed by atoms with Gasteiger partial charge in [-0.25, -0.2) is 0 Å². The molecule has 0 bridgehead atoms. The van der Waals surface area contributed by atoms with Gasteiger partial charge in [-0.1, -0.05) is 6.07 Å². The minimum atomic E-state index is -0.399. The summed E-state index contributed by atoms with van der Waals surface area (Å²) in [5, 5.41) is 14.3. The van der Waals surface area contributed by atoms with Gasteiger partial charge in [0.25, 0.3) is 0 Å². The Morgan fingerprint density at radius 3 is 2.90 bits per heavy atom. The van der Waals surface area contributed by atoms with Crippen LogP contribution in [-0.2, 0) is 6.54 Å². The van der Waals surface area contributed by atoms with Gasteiger partial charge in [0.2, 0.25) is 0 Å². The minimum absolute atomic E-state index is 0. The van der Waals surface area contributed by atoms with Crippen LogP contribution in [0.4, 0.5) is 5.69 Å². The maximum Gasteiger partial charge on any atom is 0.311 e. The highest BCUT2D eigenvalue weighted by Gasteiger charge is 2.20. The summed E-state index contributed by atoms with van der Waals surface area (Å²) >= 11 is 0. The second-order valence-corrected chi connectivity index (χ2v) is 4.79. The van der Waals surface area contributed by atoms with E-state index in [9.17, 15) is 10.1 Å². The molecule has 20 heavy (non-hydrogen) atoms. The van der Waals surface area contributed by atoms with Crippen LogP contribution in [0.2, 0.25) is 0 Å². The molecule has 2 rings (SSSR count). The molecule has 7 heteroatoms. The van der Waals surface area contributed by atoms with Crippen molar-refractivity contribution in [3.8, 4) is 5.75 Å². The fourth-order valence-corrected chi connectivity index (χ4v) is 2.33. The van der Waals surface area contributed by atoms with Crippen LogP contribution in [0, 0.1) is 10.1 Å². The summed E-state index contributed by atoms with van der Waals surface area (Å²) in [7, 11) is 1.44. The molecule has 1 heterocycles. The molecule has 1 aromatic rings. The Morgan fingerprint density at radius 1 is 1.55 bits per heavy atom. The van der Waals surface area contributed by atoms with Crippen molar-refractivity contribution in [3.63, 3.8) is 0 Å². The lowest BCUT2D eigenvalue weighted by molar-refractivity contribution is -0.385. The first-order valence-electron chi connectivity index (χ1n) is 6.38. The monoisotopic (exact) mass is 301 g/mol. The number of benzene rings is 1. The van der Waals surface area contributed by atoms with Crippen molar-refractivity contribution in [1.29, 1.82) is 0 Å². The molecule has 1 aliphatic heterocycles. The Hall–Kier alpha value is -1.37. The molecule has 0 aromatic heterocycles. The third-order valence-electron chi connectivity index (χ3n) is 3.46. The van der Waals surface area contributed by atoms with E-state index in [1.807, 2.05) is 6.07 Å². The summed E-state index contributed by atoms with van der Waals surface area (Å²) in [5.41, 5.74) is 0.976. The third kappa shape index (κ3) is 3.82. The quantitative estimate of drug-likeness (QED) is 0.679. The van der Waals surface area contributed by atoms with Crippen molar-refractivity contribution in [1.82, 2.24) is 10.2 Å². The molecule has 112 valence electrons. The van der Waals surface area contributed by atoms with E-state index in [0.717, 1.165) is 31.7 Å². The zero-order valence-electron chi connectivity index (χ0n) is 11.7. The van der Waals surface area contributed by atoms with Crippen molar-refractivity contribution in [2.45, 2.75) is 19.5 Å². The van der Waals surface area contributed by atoms with Gasteiger partial charge < -0.3 is 10.1 Å². The fourth-order valence-electron chi connectivity index (χ4n) is 2.33. The van der Waals surface area contributed by atoms with Crippen molar-refractivity contribution in [2.75, 3.05) is 26.7 Å². The molecule has 1 saturated heterocycles. The van der Waals surface area contributed by atoms with E-state index in [4.69, 9.17) is 4.74 Å². The Labute approximate surface area is 124 Å². The highest BCUT2D eigenvalue weighted by Crippen LogP contribution is 2.28. The molecular weight excluding hydrogens is 282 g/mol. The van der Waals surface area contributed by atoms with Crippen LogP contribution in [0.25, 0.3) is 0 Å². The van der Waals surface area contributed by atoms with Crippen LogP contribution in [0.5, 0.6) is 5.75 Å². The largest absolute Gasteiger partial charge is 0.490 e. The molecular formula is C13H20ClN3O3. The normalized spacial score (nSPS) is 19.2. The average molecular weight is 302 g/mol. The first-order valence-corrected chi connectivity index (χ1v) is 6.38. The molecule has 6 nitrogen and oxygen atoms in total. The summed E-state index contributed by atoms with van der Waals surface area (Å²) in [6.45, 7) is 5.76. The number of ether oxygens (including phenoxy) is 1. The lowest BCUT2D eigenvalue weighted by atomic mass is 10.1. The number of piperazine rings is 1. The molecule has 1 aromatic carbocycles. The van der Waals surface area contributed by atoms with Crippen LogP contribution in [0.1, 0.15) is 12.5 Å². The van der Waals surface area contributed by atoms with Crippen molar-refractivity contribution < 1.29 is 9.66 Å². The highest BCUT2D eigenvalue weighted by molar-refractivity contribution is 5.85. The van der Waals surface area contributed by atoms with Gasteiger partial charge in [0.15, 0.2) is 5.75 Å². The van der Waals surface area contributed by atoms with Crippen LogP contribution >= 0.6 is 12.4 Å². The second-order valence-electron chi connectivity index (χ2n) is 4.79. The van der Waals surface area contributed by atoms with E-state index in [-0.39, 0.29) is 18.1 Å². The predicted octanol–water partition coefficient (Wildman–Crippen LogP) is 1.82. The lowest BCUT2D eigenvalue weighted by Crippen LogP contribution is -2.49. The molecule has 0 amide bonds. The Morgan fingerprint density at radius 2 is 2.30 bits per heavy atom. The maximum atomic E-state index is 11.0. The van der Waals surface area contributed by atoms with Crippen LogP contribution in [0.15, 0.2) is 18.2 Å². The lowest BCUT2D eigenvalue weighted by Gasteiger charge is -2.33. The summed E-state index contributed by atoms with van der Waals surface area (Å²) in [6.07, 6.45) is 0. The van der Waals surface area contributed by atoms with Gasteiger partial charge in [0.05, 0.1) is 12.0 Å². The zero-order valence-corrected chi connectivity index (χ0v) is 12.5. The van der Waals surface area contributed by atoms with Gasteiger partial charge >= 0.3 is 5.69 Å². The van der Waals surface area contributed by atoms with Gasteiger partial charge in [-0.15, -0.1) is 12.4 Å². The highest BCUT2D eigenvalue weighted by atomic mass is 35.5. The number of nitro groups is 1. The van der Waals surface area contributed by atoms with E-state index < -0.39 is 4.92 Å². The van der Waals surface area contributed by atoms with Crippen molar-refractivity contribution >= 4 is 18.1 Å². The number of hydrogen-bond acceptors (Lipinski definition) is 5. The second kappa shape index (κ2) is 7.42. The molecule has 0 spiro atoms.